The zero-order chi connectivity index (χ0) is 15.1. The molecule has 5 heteroatoms. The molecule has 1 N–H and O–H groups in total. The molecule has 0 radical (unpaired) electrons. The molecule has 0 spiro atoms. The van der Waals surface area contributed by atoms with Gasteiger partial charge in [-0.2, -0.15) is 0 Å². The third-order valence-corrected chi connectivity index (χ3v) is 3.29. The average molecular weight is 323 g/mol. The number of nitrogens with one attached hydrogen (secondary N) is 1. The molecule has 0 heterocycles. The highest BCUT2D eigenvalue weighted by molar-refractivity contribution is 5.42. The Labute approximate surface area is 137 Å². The van der Waals surface area contributed by atoms with Gasteiger partial charge < -0.3 is 31.9 Å². The van der Waals surface area contributed by atoms with Crippen LogP contribution < -0.4 is 31.9 Å². The molecule has 0 amide bonds. The Morgan fingerprint density at radius 3 is 2.14 bits per heavy atom. The fourth-order valence-corrected chi connectivity index (χ4v) is 2.18. The third kappa shape index (κ3) is 4.55. The standard InChI is InChI=1S/C17H21NO3.ClH/c1-19-15-7-5-4-6-14(15)12-18-11-13-8-9-16(20-2)17(10-13)21-3;/h4-10,18H,11-12H2,1-3H3;1H/p-1. The fourth-order valence-electron chi connectivity index (χ4n) is 2.18. The first-order valence-electron chi connectivity index (χ1n) is 6.82. The van der Waals surface area contributed by atoms with Gasteiger partial charge in [0.25, 0.3) is 0 Å². The summed E-state index contributed by atoms with van der Waals surface area (Å²) in [4.78, 5) is 0. The third-order valence-electron chi connectivity index (χ3n) is 3.29. The summed E-state index contributed by atoms with van der Waals surface area (Å²) in [7, 11) is 4.97. The van der Waals surface area contributed by atoms with E-state index in [1.54, 1.807) is 21.3 Å². The van der Waals surface area contributed by atoms with Gasteiger partial charge in [-0.25, -0.2) is 0 Å². The summed E-state index contributed by atoms with van der Waals surface area (Å²) in [5.74, 6) is 2.39. The van der Waals surface area contributed by atoms with Crippen LogP contribution in [0.15, 0.2) is 42.5 Å². The summed E-state index contributed by atoms with van der Waals surface area (Å²) in [6.45, 7) is 1.50. The van der Waals surface area contributed by atoms with E-state index in [2.05, 4.69) is 11.4 Å². The van der Waals surface area contributed by atoms with Gasteiger partial charge in [-0.05, 0) is 23.8 Å². The molecule has 22 heavy (non-hydrogen) atoms. The maximum Gasteiger partial charge on any atom is 0.161 e. The summed E-state index contributed by atoms with van der Waals surface area (Å²) >= 11 is 0. The van der Waals surface area contributed by atoms with Gasteiger partial charge in [-0.1, -0.05) is 24.3 Å². The van der Waals surface area contributed by atoms with Gasteiger partial charge >= 0.3 is 0 Å². The van der Waals surface area contributed by atoms with E-state index in [4.69, 9.17) is 14.2 Å². The van der Waals surface area contributed by atoms with E-state index >= 15 is 0 Å². The van der Waals surface area contributed by atoms with Crippen molar-refractivity contribution in [3.63, 3.8) is 0 Å². The normalized spacial score (nSPS) is 9.77. The Balaban J connectivity index is 0.00000242. The molecule has 0 bridgehead atoms. The first-order valence-corrected chi connectivity index (χ1v) is 6.82. The highest BCUT2D eigenvalue weighted by Crippen LogP contribution is 2.27. The maximum absolute atomic E-state index is 5.34. The molecule has 0 fully saturated rings. The Bertz CT molecular complexity index is 590. The SMILES string of the molecule is COc1ccccc1CNCc1ccc(OC)c(OC)c1.[Cl-]. The number of benzene rings is 2. The quantitative estimate of drug-likeness (QED) is 0.779. The molecule has 120 valence electrons. The lowest BCUT2D eigenvalue weighted by atomic mass is 10.1. The van der Waals surface area contributed by atoms with Crippen molar-refractivity contribution in [2.45, 2.75) is 13.1 Å². The van der Waals surface area contributed by atoms with E-state index in [1.165, 1.54) is 0 Å². The van der Waals surface area contributed by atoms with Crippen molar-refractivity contribution in [1.29, 1.82) is 0 Å². The molecule has 4 nitrogen and oxygen atoms in total. The molecule has 0 aliphatic rings. The van der Waals surface area contributed by atoms with Gasteiger partial charge in [0.2, 0.25) is 0 Å². The van der Waals surface area contributed by atoms with Crippen LogP contribution in [0.1, 0.15) is 11.1 Å². The van der Waals surface area contributed by atoms with Gasteiger partial charge in [0, 0.05) is 18.7 Å². The van der Waals surface area contributed by atoms with E-state index < -0.39 is 0 Å². The molecule has 0 aliphatic heterocycles. The summed E-state index contributed by atoms with van der Waals surface area (Å²) in [5, 5.41) is 3.41. The lowest BCUT2D eigenvalue weighted by Crippen LogP contribution is -3.00. The molecule has 2 rings (SSSR count). The molecular weight excluding hydrogens is 302 g/mol. The van der Waals surface area contributed by atoms with Gasteiger partial charge in [-0.3, -0.25) is 0 Å². The number of para-hydroxylation sites is 1. The number of methoxy groups -OCH3 is 3. The van der Waals surface area contributed by atoms with E-state index in [-0.39, 0.29) is 12.4 Å². The number of ether oxygens (including phenoxy) is 3. The number of rotatable bonds is 7. The Morgan fingerprint density at radius 2 is 1.45 bits per heavy atom. The lowest BCUT2D eigenvalue weighted by Gasteiger charge is -2.11. The van der Waals surface area contributed by atoms with Crippen LogP contribution in [0, 0.1) is 0 Å². The largest absolute Gasteiger partial charge is 1.00 e. The molecule has 2 aromatic rings. The van der Waals surface area contributed by atoms with Crippen LogP contribution in [-0.4, -0.2) is 21.3 Å². The smallest absolute Gasteiger partial charge is 0.161 e. The molecule has 0 unspecified atom stereocenters. The molecule has 0 saturated heterocycles. The van der Waals surface area contributed by atoms with E-state index in [0.29, 0.717) is 0 Å². The summed E-state index contributed by atoms with van der Waals surface area (Å²) in [5.41, 5.74) is 2.28. The molecular formula is C17H21ClNO3-. The van der Waals surface area contributed by atoms with Crippen molar-refractivity contribution in [2.75, 3.05) is 21.3 Å². The highest BCUT2D eigenvalue weighted by atomic mass is 35.5. The number of halogens is 1. The first-order chi connectivity index (χ1) is 10.3. The van der Waals surface area contributed by atoms with Crippen molar-refractivity contribution >= 4 is 0 Å². The summed E-state index contributed by atoms with van der Waals surface area (Å²) < 4.78 is 15.9. The van der Waals surface area contributed by atoms with E-state index in [0.717, 1.165) is 41.5 Å². The lowest BCUT2D eigenvalue weighted by molar-refractivity contribution is -0.00000515. The molecule has 0 aromatic heterocycles. The van der Waals surface area contributed by atoms with Crippen molar-refractivity contribution in [3.8, 4) is 17.2 Å². The zero-order valence-corrected chi connectivity index (χ0v) is 13.8. The zero-order valence-electron chi connectivity index (χ0n) is 13.1. The van der Waals surface area contributed by atoms with Crippen LogP contribution >= 0.6 is 0 Å². The highest BCUT2D eigenvalue weighted by Gasteiger charge is 2.05. The topological polar surface area (TPSA) is 39.7 Å². The van der Waals surface area contributed by atoms with Gasteiger partial charge in [0.1, 0.15) is 5.75 Å². The molecule has 0 aliphatic carbocycles. The fraction of sp³-hybridized carbons (Fsp3) is 0.294. The first kappa shape index (κ1) is 18.1. The van der Waals surface area contributed by atoms with Gasteiger partial charge in [0.05, 0.1) is 21.3 Å². The van der Waals surface area contributed by atoms with Gasteiger partial charge in [0.15, 0.2) is 11.5 Å². The van der Waals surface area contributed by atoms with Crippen molar-refractivity contribution in [3.05, 3.63) is 53.6 Å². The van der Waals surface area contributed by atoms with Crippen LogP contribution in [0.2, 0.25) is 0 Å². The Hall–Kier alpha value is -1.91. The van der Waals surface area contributed by atoms with Crippen molar-refractivity contribution in [1.82, 2.24) is 5.32 Å². The summed E-state index contributed by atoms with van der Waals surface area (Å²) in [6.07, 6.45) is 0. The minimum Gasteiger partial charge on any atom is -1.00 e. The van der Waals surface area contributed by atoms with Gasteiger partial charge in [-0.15, -0.1) is 0 Å². The number of hydrogen-bond acceptors (Lipinski definition) is 4. The summed E-state index contributed by atoms with van der Waals surface area (Å²) in [6, 6.07) is 13.9. The second-order valence-corrected chi connectivity index (χ2v) is 4.60. The average Bonchev–Trinajstić information content (AvgIpc) is 2.55. The van der Waals surface area contributed by atoms with Crippen LogP contribution in [0.3, 0.4) is 0 Å². The molecule has 0 atom stereocenters. The predicted octanol–water partition coefficient (Wildman–Crippen LogP) is 0.00620. The maximum atomic E-state index is 5.34. The van der Waals surface area contributed by atoms with Crippen molar-refractivity contribution in [2.24, 2.45) is 0 Å². The second-order valence-electron chi connectivity index (χ2n) is 4.60. The Morgan fingerprint density at radius 1 is 0.773 bits per heavy atom. The molecule has 0 saturated carbocycles. The number of hydrogen-bond donors (Lipinski definition) is 1. The van der Waals surface area contributed by atoms with Crippen LogP contribution in [0.25, 0.3) is 0 Å². The minimum atomic E-state index is 0. The van der Waals surface area contributed by atoms with Crippen LogP contribution in [-0.2, 0) is 13.1 Å². The van der Waals surface area contributed by atoms with Crippen LogP contribution in [0.4, 0.5) is 0 Å². The second kappa shape index (κ2) is 9.18. The van der Waals surface area contributed by atoms with Crippen LogP contribution in [0.5, 0.6) is 17.2 Å². The van der Waals surface area contributed by atoms with Crippen molar-refractivity contribution < 1.29 is 26.6 Å². The van der Waals surface area contributed by atoms with E-state index in [1.807, 2.05) is 36.4 Å². The molecule has 2 aromatic carbocycles. The minimum absolute atomic E-state index is 0. The van der Waals surface area contributed by atoms with E-state index in [9.17, 15) is 0 Å². The Kier molecular flexibility index (Phi) is 7.57. The predicted molar refractivity (Wildman–Crippen MR) is 83.1 cm³/mol. The monoisotopic (exact) mass is 322 g/mol.